The van der Waals surface area contributed by atoms with Crippen LogP contribution in [0.5, 0.6) is 0 Å². The van der Waals surface area contributed by atoms with Crippen LogP contribution in [0.3, 0.4) is 0 Å². The van der Waals surface area contributed by atoms with E-state index in [4.69, 9.17) is 11.6 Å². The average molecular weight is 342 g/mol. The van der Waals surface area contributed by atoms with E-state index in [1.54, 1.807) is 19.1 Å². The minimum Gasteiger partial charge on any atom is -0.231 e. The number of aromatic nitrogens is 2. The highest BCUT2D eigenvalue weighted by atomic mass is 79.9. The van der Waals surface area contributed by atoms with Gasteiger partial charge in [0.15, 0.2) is 5.82 Å². The smallest absolute Gasteiger partial charge is 0.161 e. The molecule has 1 aliphatic carbocycles. The van der Waals surface area contributed by atoms with Crippen LogP contribution in [0, 0.1) is 12.7 Å². The van der Waals surface area contributed by atoms with E-state index >= 15 is 0 Å². The minimum absolute atomic E-state index is 0.227. The van der Waals surface area contributed by atoms with Crippen LogP contribution in [0.15, 0.2) is 22.7 Å². The molecule has 0 aliphatic heterocycles. The zero-order valence-corrected chi connectivity index (χ0v) is 12.6. The summed E-state index contributed by atoms with van der Waals surface area (Å²) in [5.74, 6) is 0.794. The minimum atomic E-state index is -0.227. The Balaban J connectivity index is 2.11. The van der Waals surface area contributed by atoms with Crippen LogP contribution < -0.4 is 0 Å². The van der Waals surface area contributed by atoms with Gasteiger partial charge < -0.3 is 0 Å². The van der Waals surface area contributed by atoms with Crippen molar-refractivity contribution < 1.29 is 4.39 Å². The summed E-state index contributed by atoms with van der Waals surface area (Å²) in [6.07, 6.45) is 2.27. The quantitative estimate of drug-likeness (QED) is 0.727. The third-order valence-corrected chi connectivity index (χ3v) is 4.50. The van der Waals surface area contributed by atoms with Gasteiger partial charge in [-0.3, -0.25) is 0 Å². The van der Waals surface area contributed by atoms with Crippen LogP contribution in [0.25, 0.3) is 11.4 Å². The number of benzene rings is 1. The van der Waals surface area contributed by atoms with Gasteiger partial charge in [-0.2, -0.15) is 0 Å². The van der Waals surface area contributed by atoms with E-state index in [-0.39, 0.29) is 5.82 Å². The molecule has 0 bridgehead atoms. The maximum atomic E-state index is 13.3. The summed E-state index contributed by atoms with van der Waals surface area (Å²) in [6, 6.07) is 4.85. The lowest BCUT2D eigenvalue weighted by molar-refractivity contribution is 0.618. The lowest BCUT2D eigenvalue weighted by atomic mass is 10.1. The molecule has 98 valence electrons. The van der Waals surface area contributed by atoms with E-state index in [0.717, 1.165) is 28.6 Å². The summed E-state index contributed by atoms with van der Waals surface area (Å²) < 4.78 is 14.1. The first kappa shape index (κ1) is 13.0. The number of nitrogens with zero attached hydrogens (tertiary/aromatic N) is 2. The van der Waals surface area contributed by atoms with E-state index in [0.29, 0.717) is 22.5 Å². The second-order valence-electron chi connectivity index (χ2n) is 4.78. The number of hydrogen-bond donors (Lipinski definition) is 0. The highest BCUT2D eigenvalue weighted by Gasteiger charge is 2.29. The van der Waals surface area contributed by atoms with E-state index in [9.17, 15) is 4.39 Å². The van der Waals surface area contributed by atoms with Crippen molar-refractivity contribution >= 4 is 27.5 Å². The monoisotopic (exact) mass is 340 g/mol. The van der Waals surface area contributed by atoms with Crippen LogP contribution in [-0.2, 0) is 0 Å². The van der Waals surface area contributed by atoms with Gasteiger partial charge in [0.05, 0.1) is 10.2 Å². The fourth-order valence-corrected chi connectivity index (χ4v) is 2.65. The molecule has 1 fully saturated rings. The first-order valence-electron chi connectivity index (χ1n) is 6.05. The van der Waals surface area contributed by atoms with Crippen molar-refractivity contribution in [3.63, 3.8) is 0 Å². The van der Waals surface area contributed by atoms with Crippen molar-refractivity contribution in [3.05, 3.63) is 44.9 Å². The summed E-state index contributed by atoms with van der Waals surface area (Å²) in [4.78, 5) is 8.84. The van der Waals surface area contributed by atoms with Crippen LogP contribution in [0.2, 0.25) is 5.15 Å². The Morgan fingerprint density at radius 1 is 1.32 bits per heavy atom. The highest BCUT2D eigenvalue weighted by molar-refractivity contribution is 9.10. The summed E-state index contributed by atoms with van der Waals surface area (Å²) in [5, 5.41) is 0.411. The molecule has 0 unspecified atom stereocenters. The van der Waals surface area contributed by atoms with Gasteiger partial charge in [-0.15, -0.1) is 0 Å². The Bertz CT molecular complexity index is 656. The molecule has 2 nitrogen and oxygen atoms in total. The normalized spacial score (nSPS) is 14.7. The van der Waals surface area contributed by atoms with Crippen LogP contribution in [0.4, 0.5) is 4.39 Å². The molecular weight excluding hydrogens is 331 g/mol. The third-order valence-electron chi connectivity index (χ3n) is 3.22. The molecule has 3 rings (SSSR count). The fourth-order valence-electron chi connectivity index (χ4n) is 1.98. The molecule has 2 aromatic rings. The molecule has 5 heteroatoms. The van der Waals surface area contributed by atoms with Crippen molar-refractivity contribution in [2.45, 2.75) is 25.7 Å². The number of rotatable bonds is 2. The first-order valence-corrected chi connectivity index (χ1v) is 7.23. The van der Waals surface area contributed by atoms with Crippen LogP contribution in [-0.4, -0.2) is 9.97 Å². The maximum Gasteiger partial charge on any atom is 0.161 e. The second-order valence-corrected chi connectivity index (χ2v) is 5.93. The molecule has 0 N–H and O–H groups in total. The predicted octanol–water partition coefficient (Wildman–Crippen LogP) is 4.88. The molecule has 1 aromatic carbocycles. The van der Waals surface area contributed by atoms with Gasteiger partial charge in [0.2, 0.25) is 0 Å². The van der Waals surface area contributed by atoms with Crippen molar-refractivity contribution in [2.24, 2.45) is 0 Å². The predicted molar refractivity (Wildman–Crippen MR) is 76.8 cm³/mol. The summed E-state index contributed by atoms with van der Waals surface area (Å²) in [7, 11) is 0. The second kappa shape index (κ2) is 4.84. The molecule has 19 heavy (non-hydrogen) atoms. The zero-order valence-electron chi connectivity index (χ0n) is 10.3. The Labute approximate surface area is 124 Å². The Morgan fingerprint density at radius 3 is 2.68 bits per heavy atom. The number of aryl methyl sites for hydroxylation is 1. The summed E-state index contributed by atoms with van der Waals surface area (Å²) >= 11 is 9.58. The molecule has 1 saturated carbocycles. The van der Waals surface area contributed by atoms with Crippen LogP contribution in [0.1, 0.15) is 30.0 Å². The topological polar surface area (TPSA) is 25.8 Å². The molecular formula is C14H11BrClFN2. The maximum absolute atomic E-state index is 13.3. The van der Waals surface area contributed by atoms with E-state index in [1.807, 2.05) is 0 Å². The third kappa shape index (κ3) is 2.51. The molecule has 0 atom stereocenters. The average Bonchev–Trinajstić information content (AvgIpc) is 3.20. The van der Waals surface area contributed by atoms with Crippen molar-refractivity contribution in [2.75, 3.05) is 0 Å². The lowest BCUT2D eigenvalue weighted by Gasteiger charge is -2.08. The largest absolute Gasteiger partial charge is 0.231 e. The summed E-state index contributed by atoms with van der Waals surface area (Å²) in [5.41, 5.74) is 2.32. The Hall–Kier alpha value is -1.00. The number of hydrogen-bond acceptors (Lipinski definition) is 2. The van der Waals surface area contributed by atoms with E-state index < -0.39 is 0 Å². The number of halogens is 3. The molecule has 0 spiro atoms. The highest BCUT2D eigenvalue weighted by Crippen LogP contribution is 2.44. The van der Waals surface area contributed by atoms with Gasteiger partial charge in [0.1, 0.15) is 11.0 Å². The van der Waals surface area contributed by atoms with Gasteiger partial charge in [-0.1, -0.05) is 11.6 Å². The van der Waals surface area contributed by atoms with Crippen LogP contribution >= 0.6 is 27.5 Å². The van der Waals surface area contributed by atoms with Crippen molar-refractivity contribution in [3.8, 4) is 11.4 Å². The molecule has 0 amide bonds. The Kier molecular flexibility index (Phi) is 3.31. The molecule has 0 saturated heterocycles. The Morgan fingerprint density at radius 2 is 2.05 bits per heavy atom. The fraction of sp³-hybridized carbons (Fsp3) is 0.286. The summed E-state index contributed by atoms with van der Waals surface area (Å²) in [6.45, 7) is 1.72. The standard InChI is InChI=1S/C14H11BrClFN2/c1-7-6-9(4-5-10(7)17)14-18-12(8-2-3-8)11(15)13(16)19-14/h4-6,8H,2-3H2,1H3. The van der Waals surface area contributed by atoms with Crippen molar-refractivity contribution in [1.29, 1.82) is 0 Å². The van der Waals surface area contributed by atoms with Gasteiger partial charge >= 0.3 is 0 Å². The molecule has 1 aliphatic rings. The van der Waals surface area contributed by atoms with Crippen molar-refractivity contribution in [1.82, 2.24) is 9.97 Å². The SMILES string of the molecule is Cc1cc(-c2nc(Cl)c(Br)c(C3CC3)n2)ccc1F. The van der Waals surface area contributed by atoms with Gasteiger partial charge in [-0.05, 0) is 59.5 Å². The molecule has 1 heterocycles. The van der Waals surface area contributed by atoms with Gasteiger partial charge in [-0.25, -0.2) is 14.4 Å². The molecule has 0 radical (unpaired) electrons. The lowest BCUT2D eigenvalue weighted by Crippen LogP contribution is -1.98. The van der Waals surface area contributed by atoms with Gasteiger partial charge in [0.25, 0.3) is 0 Å². The molecule has 1 aromatic heterocycles. The van der Waals surface area contributed by atoms with Gasteiger partial charge in [0, 0.05) is 11.5 Å². The zero-order chi connectivity index (χ0) is 13.6. The van der Waals surface area contributed by atoms with E-state index in [1.165, 1.54) is 6.07 Å². The first-order chi connectivity index (χ1) is 9.06. The van der Waals surface area contributed by atoms with E-state index in [2.05, 4.69) is 25.9 Å².